The SMILES string of the molecule is C[C@@H](C(=O)Nc1ccccn1)N1CC(Oc2ccccc2F)C1. The number of para-hydroxylation sites is 1. The molecule has 1 N–H and O–H groups in total. The fraction of sp³-hybridized carbons (Fsp3) is 0.294. The molecule has 1 saturated heterocycles. The molecule has 0 radical (unpaired) electrons. The Labute approximate surface area is 134 Å². The molecular formula is C17H18FN3O2. The van der Waals surface area contributed by atoms with Crippen LogP contribution in [0.15, 0.2) is 48.7 Å². The van der Waals surface area contributed by atoms with E-state index in [4.69, 9.17) is 4.74 Å². The first-order valence-electron chi connectivity index (χ1n) is 7.50. The van der Waals surface area contributed by atoms with Crippen molar-refractivity contribution in [1.82, 2.24) is 9.88 Å². The highest BCUT2D eigenvalue weighted by Crippen LogP contribution is 2.22. The predicted octanol–water partition coefficient (Wildman–Crippen LogP) is 2.31. The lowest BCUT2D eigenvalue weighted by molar-refractivity contribution is -0.124. The van der Waals surface area contributed by atoms with Gasteiger partial charge < -0.3 is 10.1 Å². The van der Waals surface area contributed by atoms with Crippen molar-refractivity contribution in [2.75, 3.05) is 18.4 Å². The summed E-state index contributed by atoms with van der Waals surface area (Å²) in [6.07, 6.45) is 1.53. The summed E-state index contributed by atoms with van der Waals surface area (Å²) in [7, 11) is 0. The number of amides is 1. The number of likely N-dealkylation sites (tertiary alicyclic amines) is 1. The number of hydrogen-bond donors (Lipinski definition) is 1. The lowest BCUT2D eigenvalue weighted by atomic mass is 10.1. The zero-order chi connectivity index (χ0) is 16.2. The van der Waals surface area contributed by atoms with Crippen molar-refractivity contribution >= 4 is 11.7 Å². The van der Waals surface area contributed by atoms with Gasteiger partial charge in [0.2, 0.25) is 5.91 Å². The van der Waals surface area contributed by atoms with Gasteiger partial charge in [0.1, 0.15) is 11.9 Å². The van der Waals surface area contributed by atoms with Crippen LogP contribution in [-0.2, 0) is 4.79 Å². The first-order chi connectivity index (χ1) is 11.1. The normalized spacial score (nSPS) is 16.4. The Balaban J connectivity index is 1.49. The number of aromatic nitrogens is 1. The number of hydrogen-bond acceptors (Lipinski definition) is 4. The highest BCUT2D eigenvalue weighted by Gasteiger charge is 2.35. The number of nitrogens with one attached hydrogen (secondary N) is 1. The van der Waals surface area contributed by atoms with Crippen LogP contribution in [0.4, 0.5) is 10.2 Å². The molecule has 0 aliphatic carbocycles. The van der Waals surface area contributed by atoms with E-state index < -0.39 is 0 Å². The molecule has 1 aliphatic heterocycles. The first-order valence-corrected chi connectivity index (χ1v) is 7.50. The van der Waals surface area contributed by atoms with E-state index in [1.807, 2.05) is 17.9 Å². The van der Waals surface area contributed by atoms with E-state index >= 15 is 0 Å². The fourth-order valence-corrected chi connectivity index (χ4v) is 2.41. The van der Waals surface area contributed by atoms with Crippen molar-refractivity contribution in [3.05, 3.63) is 54.5 Å². The summed E-state index contributed by atoms with van der Waals surface area (Å²) in [5.74, 6) is 0.298. The highest BCUT2D eigenvalue weighted by atomic mass is 19.1. The number of anilines is 1. The molecule has 0 bridgehead atoms. The van der Waals surface area contributed by atoms with Crippen LogP contribution >= 0.6 is 0 Å². The van der Waals surface area contributed by atoms with Crippen molar-refractivity contribution in [1.29, 1.82) is 0 Å². The van der Waals surface area contributed by atoms with Gasteiger partial charge in [-0.15, -0.1) is 0 Å². The van der Waals surface area contributed by atoms with Crippen LogP contribution in [0.2, 0.25) is 0 Å². The Morgan fingerprint density at radius 3 is 2.74 bits per heavy atom. The lowest BCUT2D eigenvalue weighted by Gasteiger charge is -2.41. The van der Waals surface area contributed by atoms with Gasteiger partial charge in [0.25, 0.3) is 0 Å². The van der Waals surface area contributed by atoms with E-state index in [0.29, 0.717) is 18.9 Å². The van der Waals surface area contributed by atoms with Crippen LogP contribution in [0.25, 0.3) is 0 Å². The molecular weight excluding hydrogens is 297 g/mol. The van der Waals surface area contributed by atoms with Gasteiger partial charge in [-0.05, 0) is 31.2 Å². The predicted molar refractivity (Wildman–Crippen MR) is 84.7 cm³/mol. The van der Waals surface area contributed by atoms with Gasteiger partial charge in [0.15, 0.2) is 11.6 Å². The summed E-state index contributed by atoms with van der Waals surface area (Å²) < 4.78 is 19.1. The molecule has 3 rings (SSSR count). The monoisotopic (exact) mass is 315 g/mol. The van der Waals surface area contributed by atoms with E-state index in [9.17, 15) is 9.18 Å². The highest BCUT2D eigenvalue weighted by molar-refractivity contribution is 5.93. The topological polar surface area (TPSA) is 54.5 Å². The van der Waals surface area contributed by atoms with Crippen LogP contribution in [0.1, 0.15) is 6.92 Å². The molecule has 1 fully saturated rings. The number of nitrogens with zero attached hydrogens (tertiary/aromatic N) is 2. The maximum atomic E-state index is 13.5. The van der Waals surface area contributed by atoms with Crippen LogP contribution in [0, 0.1) is 5.82 Å². The molecule has 120 valence electrons. The Kier molecular flexibility index (Phi) is 4.52. The van der Waals surface area contributed by atoms with Crippen LogP contribution < -0.4 is 10.1 Å². The zero-order valence-corrected chi connectivity index (χ0v) is 12.8. The Hall–Kier alpha value is -2.47. The molecule has 1 aliphatic rings. The molecule has 2 aromatic rings. The minimum Gasteiger partial charge on any atom is -0.485 e. The first kappa shape index (κ1) is 15.4. The van der Waals surface area contributed by atoms with Crippen molar-refractivity contribution in [3.63, 3.8) is 0 Å². The molecule has 1 amide bonds. The zero-order valence-electron chi connectivity index (χ0n) is 12.8. The number of benzene rings is 1. The quantitative estimate of drug-likeness (QED) is 0.920. The van der Waals surface area contributed by atoms with Crippen LogP contribution in [0.3, 0.4) is 0 Å². The van der Waals surface area contributed by atoms with Crippen molar-refractivity contribution in [2.45, 2.75) is 19.1 Å². The average Bonchev–Trinajstić information content (AvgIpc) is 2.52. The summed E-state index contributed by atoms with van der Waals surface area (Å²) in [4.78, 5) is 18.2. The third-order valence-corrected chi connectivity index (χ3v) is 3.85. The summed E-state index contributed by atoms with van der Waals surface area (Å²) >= 11 is 0. The lowest BCUT2D eigenvalue weighted by Crippen LogP contribution is -2.59. The Bertz CT molecular complexity index is 675. The summed E-state index contributed by atoms with van der Waals surface area (Å²) in [6, 6.07) is 11.4. The van der Waals surface area contributed by atoms with E-state index in [0.717, 1.165) is 0 Å². The maximum Gasteiger partial charge on any atom is 0.242 e. The fourth-order valence-electron chi connectivity index (χ4n) is 2.41. The molecule has 0 saturated carbocycles. The summed E-state index contributed by atoms with van der Waals surface area (Å²) in [5.41, 5.74) is 0. The summed E-state index contributed by atoms with van der Waals surface area (Å²) in [6.45, 7) is 3.01. The van der Waals surface area contributed by atoms with Crippen molar-refractivity contribution < 1.29 is 13.9 Å². The van der Waals surface area contributed by atoms with Gasteiger partial charge >= 0.3 is 0 Å². The number of rotatable bonds is 5. The second-order valence-corrected chi connectivity index (χ2v) is 5.50. The maximum absolute atomic E-state index is 13.5. The Morgan fingerprint density at radius 2 is 2.04 bits per heavy atom. The molecule has 0 unspecified atom stereocenters. The molecule has 2 heterocycles. The van der Waals surface area contributed by atoms with E-state index in [2.05, 4.69) is 10.3 Å². The molecule has 0 spiro atoms. The number of halogens is 1. The standard InChI is InChI=1S/C17H18FN3O2/c1-12(17(22)20-16-8-4-5-9-19-16)21-10-13(11-21)23-15-7-3-2-6-14(15)18/h2-9,12-13H,10-11H2,1H3,(H,19,20,22)/t12-/m0/s1. The van der Waals surface area contributed by atoms with Gasteiger partial charge in [0.05, 0.1) is 6.04 Å². The third kappa shape index (κ3) is 3.65. The van der Waals surface area contributed by atoms with Gasteiger partial charge in [-0.3, -0.25) is 9.69 Å². The molecule has 5 nitrogen and oxygen atoms in total. The largest absolute Gasteiger partial charge is 0.485 e. The minimum absolute atomic E-state index is 0.1000. The van der Waals surface area contributed by atoms with Crippen molar-refractivity contribution in [2.24, 2.45) is 0 Å². The number of carbonyl (C=O) groups excluding carboxylic acids is 1. The number of carbonyl (C=O) groups is 1. The van der Waals surface area contributed by atoms with Gasteiger partial charge in [-0.2, -0.15) is 0 Å². The van der Waals surface area contributed by atoms with E-state index in [1.165, 1.54) is 6.07 Å². The van der Waals surface area contributed by atoms with E-state index in [-0.39, 0.29) is 29.6 Å². The van der Waals surface area contributed by atoms with Gasteiger partial charge in [-0.25, -0.2) is 9.37 Å². The molecule has 1 atom stereocenters. The second kappa shape index (κ2) is 6.75. The minimum atomic E-state index is -0.369. The average molecular weight is 315 g/mol. The Morgan fingerprint density at radius 1 is 1.30 bits per heavy atom. The number of pyridine rings is 1. The van der Waals surface area contributed by atoms with Crippen LogP contribution in [0.5, 0.6) is 5.75 Å². The molecule has 1 aromatic carbocycles. The molecule has 1 aromatic heterocycles. The van der Waals surface area contributed by atoms with E-state index in [1.54, 1.807) is 36.5 Å². The van der Waals surface area contributed by atoms with Crippen LogP contribution in [-0.4, -0.2) is 41.0 Å². The smallest absolute Gasteiger partial charge is 0.242 e. The second-order valence-electron chi connectivity index (χ2n) is 5.50. The summed E-state index contributed by atoms with van der Waals surface area (Å²) in [5, 5.41) is 2.77. The van der Waals surface area contributed by atoms with Gasteiger partial charge in [0, 0.05) is 19.3 Å². The van der Waals surface area contributed by atoms with Crippen molar-refractivity contribution in [3.8, 4) is 5.75 Å². The number of ether oxygens (including phenoxy) is 1. The molecule has 6 heteroatoms. The third-order valence-electron chi connectivity index (χ3n) is 3.85. The molecule has 23 heavy (non-hydrogen) atoms. The van der Waals surface area contributed by atoms with Gasteiger partial charge in [-0.1, -0.05) is 18.2 Å².